The average molecular weight is 438 g/mol. The van der Waals surface area contributed by atoms with E-state index in [0.29, 0.717) is 0 Å². The zero-order valence-corrected chi connectivity index (χ0v) is 13.3. The first-order chi connectivity index (χ1) is 8.41. The summed E-state index contributed by atoms with van der Waals surface area (Å²) in [7, 11) is 8.57. The molecule has 9 heteroatoms. The maximum absolute atomic E-state index is 7.50. The number of rotatable bonds is 0. The molecule has 0 bridgehead atoms. The van der Waals surface area contributed by atoms with E-state index in [4.69, 9.17) is 28.5 Å². The van der Waals surface area contributed by atoms with E-state index in [1.54, 1.807) is 0 Å². The van der Waals surface area contributed by atoms with E-state index in [1.165, 1.54) is 0 Å². The van der Waals surface area contributed by atoms with Crippen molar-refractivity contribution in [3.8, 4) is 5.97 Å². The second-order valence-electron chi connectivity index (χ2n) is 2.68. The van der Waals surface area contributed by atoms with Crippen LogP contribution in [0.25, 0.3) is 0 Å². The Labute approximate surface area is 129 Å². The maximum Gasteiger partial charge on any atom is 0 e. The van der Waals surface area contributed by atoms with Gasteiger partial charge < -0.3 is 4.48 Å². The largest absolute Gasteiger partial charge is 0 e. The fourth-order valence-corrected chi connectivity index (χ4v) is 0. The molecule has 0 N–H and O–H groups in total. The van der Waals surface area contributed by atoms with E-state index < -0.39 is 0 Å². The molecule has 0 rings (SSSR count). The van der Waals surface area contributed by atoms with Gasteiger partial charge >= 0.3 is 56.5 Å². The van der Waals surface area contributed by atoms with Gasteiger partial charge in [-0.1, -0.05) is 0 Å². The van der Waals surface area contributed by atoms with Crippen LogP contribution in [0, 0.1) is 44.5 Å². The monoisotopic (exact) mass is 438 g/mol. The van der Waals surface area contributed by atoms with E-state index in [1.807, 2.05) is 5.97 Å². The van der Waals surface area contributed by atoms with Gasteiger partial charge in [0.15, 0.2) is 0 Å². The van der Waals surface area contributed by atoms with E-state index in [2.05, 4.69) is 61.4 Å². The summed E-state index contributed by atoms with van der Waals surface area (Å²) < 4.78 is 38.5. The first kappa shape index (κ1) is 52.2. The third-order valence-corrected chi connectivity index (χ3v) is 0. The summed E-state index contributed by atoms with van der Waals surface area (Å²) in [5, 5.41) is 7.43. The first-order valence-corrected chi connectivity index (χ1v) is 3.03. The maximum atomic E-state index is 7.50. The van der Waals surface area contributed by atoms with Crippen LogP contribution < -0.4 is 0 Å². The molecule has 0 saturated heterocycles. The second-order valence-corrected chi connectivity index (χ2v) is 2.68. The molecule has 0 aliphatic heterocycles. The topological polar surface area (TPSA) is 123 Å². The van der Waals surface area contributed by atoms with E-state index in [-0.39, 0.29) is 28.9 Å². The number of hydrogen-bond donors (Lipinski definition) is 0. The van der Waals surface area contributed by atoms with Gasteiger partial charge in [-0.25, -0.2) is 0 Å². The van der Waals surface area contributed by atoms with Gasteiger partial charge in [0.1, 0.15) is 0 Å². The summed E-state index contributed by atoms with van der Waals surface area (Å²) in [5.74, 6) is 2.00. The third-order valence-electron chi connectivity index (χ3n) is 0. The SMILES string of the molecule is C[N+](C)(C)C.[BH3-]C#N.[C-]#[O+].[C-]#[O+].[C-]#[O+].[C-]#[O+].[C-]#[O+].[W]. The van der Waals surface area contributed by atoms with Crippen LogP contribution in [-0.2, 0) is 44.3 Å². The van der Waals surface area contributed by atoms with Crippen molar-refractivity contribution in [3.05, 3.63) is 33.3 Å². The molecule has 0 spiro atoms. The quantitative estimate of drug-likeness (QED) is 0.204. The van der Waals surface area contributed by atoms with Crippen molar-refractivity contribution in [1.29, 1.82) is 5.26 Å². The fourth-order valence-electron chi connectivity index (χ4n) is 0. The molecule has 0 saturated carbocycles. The molecule has 0 aromatic rings. The Bertz CT molecular complexity index is 207. The van der Waals surface area contributed by atoms with Crippen molar-refractivity contribution >= 4 is 7.85 Å². The van der Waals surface area contributed by atoms with Crippen LogP contribution in [0.4, 0.5) is 0 Å². The van der Waals surface area contributed by atoms with Crippen molar-refractivity contribution < 1.29 is 48.8 Å². The standard InChI is InChI=1S/C4H12N.CH3BN.5CO.W/c1-5(2,3)4;2-1-3;5*1-2;/h1-4H3;2H3;;;;;;/q+1;-1;;;;;;. The molecule has 0 fully saturated rings. The molecule has 0 heterocycles. The summed E-state index contributed by atoms with van der Waals surface area (Å²) >= 11 is 0. The molecule has 7 nitrogen and oxygen atoms in total. The van der Waals surface area contributed by atoms with Crippen molar-refractivity contribution in [2.75, 3.05) is 28.2 Å². The Morgan fingerprint density at radius 2 is 0.737 bits per heavy atom. The summed E-state index contributed by atoms with van der Waals surface area (Å²) in [6.45, 7) is 22.5. The van der Waals surface area contributed by atoms with Crippen LogP contribution in [0.2, 0.25) is 0 Å². The van der Waals surface area contributed by atoms with Crippen molar-refractivity contribution in [2.45, 2.75) is 0 Å². The second kappa shape index (κ2) is 123. The molecular formula is C10H15BN2O5W. The Kier molecular flexibility index (Phi) is 337. The minimum Gasteiger partial charge on any atom is 0 e. The molecule has 0 aliphatic carbocycles. The van der Waals surface area contributed by atoms with Crippen LogP contribution in [-0.4, -0.2) is 40.5 Å². The predicted molar refractivity (Wildman–Crippen MR) is 59.2 cm³/mol. The summed E-state index contributed by atoms with van der Waals surface area (Å²) in [6, 6.07) is 0. The van der Waals surface area contributed by atoms with Crippen LogP contribution in [0.5, 0.6) is 0 Å². The van der Waals surface area contributed by atoms with Crippen LogP contribution >= 0.6 is 0 Å². The third kappa shape index (κ3) is 3120. The van der Waals surface area contributed by atoms with Gasteiger partial charge in [0.05, 0.1) is 36.0 Å². The smallest absolute Gasteiger partial charge is 0 e. The van der Waals surface area contributed by atoms with Gasteiger partial charge in [0.2, 0.25) is 0 Å². The van der Waals surface area contributed by atoms with Crippen molar-refractivity contribution in [2.24, 2.45) is 0 Å². The molecule has 0 aliphatic rings. The molecule has 0 amide bonds. The minimum atomic E-state index is 0. The summed E-state index contributed by atoms with van der Waals surface area (Å²) in [5.41, 5.74) is 0. The van der Waals surface area contributed by atoms with E-state index in [0.717, 1.165) is 4.48 Å². The average Bonchev–Trinajstić information content (AvgIpc) is 2.40. The van der Waals surface area contributed by atoms with Gasteiger partial charge in [-0.15, -0.1) is 0 Å². The zero-order chi connectivity index (χ0) is 17.2. The van der Waals surface area contributed by atoms with Gasteiger partial charge in [0.25, 0.3) is 0 Å². The van der Waals surface area contributed by atoms with Gasteiger partial charge in [-0.2, -0.15) is 5.97 Å². The van der Waals surface area contributed by atoms with Crippen molar-refractivity contribution in [1.82, 2.24) is 0 Å². The van der Waals surface area contributed by atoms with Crippen molar-refractivity contribution in [3.63, 3.8) is 0 Å². The molecule has 0 unspecified atom stereocenters. The minimum absolute atomic E-state index is 0. The summed E-state index contributed by atoms with van der Waals surface area (Å²) in [4.78, 5) is 0. The predicted octanol–water partition coefficient (Wildman–Crippen LogP) is -1.03. The Balaban J connectivity index is -0.0000000129. The van der Waals surface area contributed by atoms with Crippen LogP contribution in [0.1, 0.15) is 0 Å². The Morgan fingerprint density at radius 3 is 0.737 bits per heavy atom. The molecule has 0 radical (unpaired) electrons. The normalized spacial score (nSPS) is 4.11. The van der Waals surface area contributed by atoms with Gasteiger partial charge in [-0.3, -0.25) is 5.26 Å². The van der Waals surface area contributed by atoms with E-state index in [9.17, 15) is 0 Å². The molecule has 0 atom stereocenters. The molecule has 104 valence electrons. The molecular weight excluding hydrogens is 423 g/mol. The number of nitrogens with zero attached hydrogens (tertiary/aromatic N) is 2. The van der Waals surface area contributed by atoms with Gasteiger partial charge in [0, 0.05) is 21.1 Å². The van der Waals surface area contributed by atoms with Crippen LogP contribution in [0.15, 0.2) is 0 Å². The number of nitriles is 1. The van der Waals surface area contributed by atoms with Gasteiger partial charge in [-0.05, 0) is 0 Å². The number of hydrogen-bond acceptors (Lipinski definition) is 1. The molecule has 19 heavy (non-hydrogen) atoms. The zero-order valence-electron chi connectivity index (χ0n) is 10.3. The molecule has 0 aromatic heterocycles. The first-order valence-electron chi connectivity index (χ1n) is 3.03. The number of quaternary nitrogens is 1. The fraction of sp³-hybridized carbons (Fsp3) is 0.400. The van der Waals surface area contributed by atoms with E-state index >= 15 is 0 Å². The Morgan fingerprint density at radius 1 is 0.737 bits per heavy atom. The molecule has 0 aromatic carbocycles. The summed E-state index contributed by atoms with van der Waals surface area (Å²) in [6.07, 6.45) is 0. The Hall–Kier alpha value is -1.10. The van der Waals surface area contributed by atoms with Crippen LogP contribution in [0.3, 0.4) is 0 Å².